The summed E-state index contributed by atoms with van der Waals surface area (Å²) < 4.78 is 5.19. The molecule has 0 bridgehead atoms. The molecule has 0 heterocycles. The SMILES string of the molecule is C=C(CSC(C)=O)c1ccc(CN(C)c2ccc(OC)cc2)cc1. The van der Waals surface area contributed by atoms with Crippen LogP contribution in [0.4, 0.5) is 5.69 Å². The van der Waals surface area contributed by atoms with Crippen molar-refractivity contribution >= 4 is 28.1 Å². The Kier molecular flexibility index (Phi) is 6.50. The summed E-state index contributed by atoms with van der Waals surface area (Å²) in [6, 6.07) is 16.4. The lowest BCUT2D eigenvalue weighted by Crippen LogP contribution is -2.16. The van der Waals surface area contributed by atoms with E-state index in [2.05, 4.69) is 42.8 Å². The van der Waals surface area contributed by atoms with Gasteiger partial charge in [-0.25, -0.2) is 0 Å². The van der Waals surface area contributed by atoms with Crippen LogP contribution in [0.25, 0.3) is 5.57 Å². The molecule has 0 unspecified atom stereocenters. The first-order valence-corrected chi connectivity index (χ1v) is 8.74. The van der Waals surface area contributed by atoms with Crippen molar-refractivity contribution < 1.29 is 9.53 Å². The fourth-order valence-corrected chi connectivity index (χ4v) is 2.86. The Morgan fingerprint density at radius 1 is 1.12 bits per heavy atom. The normalized spacial score (nSPS) is 10.3. The topological polar surface area (TPSA) is 29.5 Å². The zero-order valence-electron chi connectivity index (χ0n) is 14.4. The number of benzene rings is 2. The van der Waals surface area contributed by atoms with Crippen molar-refractivity contribution in [3.63, 3.8) is 0 Å². The van der Waals surface area contributed by atoms with E-state index in [1.165, 1.54) is 17.3 Å². The molecule has 0 saturated heterocycles. The standard InChI is InChI=1S/C20H23NO2S/c1-15(14-24-16(2)22)18-7-5-17(6-8-18)13-21(3)19-9-11-20(23-4)12-10-19/h5-12H,1,13-14H2,2-4H3. The van der Waals surface area contributed by atoms with Crippen LogP contribution in [0, 0.1) is 0 Å². The molecule has 0 spiro atoms. The average Bonchev–Trinajstić information content (AvgIpc) is 2.60. The number of carbonyl (C=O) groups excluding carboxylic acids is 1. The maximum absolute atomic E-state index is 11.0. The second-order valence-electron chi connectivity index (χ2n) is 5.63. The largest absolute Gasteiger partial charge is 0.497 e. The Hall–Kier alpha value is -2.20. The number of carbonyl (C=O) groups is 1. The second kappa shape index (κ2) is 8.60. The maximum Gasteiger partial charge on any atom is 0.186 e. The monoisotopic (exact) mass is 341 g/mol. The van der Waals surface area contributed by atoms with Gasteiger partial charge in [-0.15, -0.1) is 0 Å². The molecular formula is C20H23NO2S. The minimum Gasteiger partial charge on any atom is -0.497 e. The van der Waals surface area contributed by atoms with Gasteiger partial charge >= 0.3 is 0 Å². The number of anilines is 1. The van der Waals surface area contributed by atoms with E-state index < -0.39 is 0 Å². The van der Waals surface area contributed by atoms with Gasteiger partial charge in [-0.3, -0.25) is 4.79 Å². The Labute approximate surface area is 148 Å². The molecule has 24 heavy (non-hydrogen) atoms. The van der Waals surface area contributed by atoms with E-state index in [9.17, 15) is 4.79 Å². The smallest absolute Gasteiger partial charge is 0.186 e. The number of nitrogens with zero attached hydrogens (tertiary/aromatic N) is 1. The van der Waals surface area contributed by atoms with Gasteiger partial charge in [0.2, 0.25) is 0 Å². The lowest BCUT2D eigenvalue weighted by Gasteiger charge is -2.20. The van der Waals surface area contributed by atoms with E-state index >= 15 is 0 Å². The number of thioether (sulfide) groups is 1. The van der Waals surface area contributed by atoms with Gasteiger partial charge in [-0.05, 0) is 41.0 Å². The van der Waals surface area contributed by atoms with Gasteiger partial charge in [-0.1, -0.05) is 42.6 Å². The first-order chi connectivity index (χ1) is 11.5. The lowest BCUT2D eigenvalue weighted by atomic mass is 10.1. The lowest BCUT2D eigenvalue weighted by molar-refractivity contribution is -0.109. The van der Waals surface area contributed by atoms with E-state index in [1.54, 1.807) is 14.0 Å². The molecule has 0 aliphatic rings. The molecule has 0 aliphatic carbocycles. The molecule has 3 nitrogen and oxygen atoms in total. The van der Waals surface area contributed by atoms with Crippen molar-refractivity contribution in [1.29, 1.82) is 0 Å². The number of hydrogen-bond donors (Lipinski definition) is 0. The van der Waals surface area contributed by atoms with Crippen LogP contribution in [0.5, 0.6) is 5.75 Å². The van der Waals surface area contributed by atoms with Gasteiger partial charge in [0.25, 0.3) is 0 Å². The van der Waals surface area contributed by atoms with Gasteiger partial charge in [0.15, 0.2) is 5.12 Å². The fraction of sp³-hybridized carbons (Fsp3) is 0.250. The van der Waals surface area contributed by atoms with E-state index in [1.807, 2.05) is 24.3 Å². The van der Waals surface area contributed by atoms with E-state index in [-0.39, 0.29) is 5.12 Å². The third kappa shape index (κ3) is 5.17. The number of ether oxygens (including phenoxy) is 1. The summed E-state index contributed by atoms with van der Waals surface area (Å²) in [5.41, 5.74) is 4.43. The second-order valence-corrected chi connectivity index (χ2v) is 6.79. The first kappa shape index (κ1) is 18.1. The molecular weight excluding hydrogens is 318 g/mol. The van der Waals surface area contributed by atoms with E-state index in [0.29, 0.717) is 5.75 Å². The summed E-state index contributed by atoms with van der Waals surface area (Å²) in [6.45, 7) is 6.46. The Morgan fingerprint density at radius 3 is 2.29 bits per heavy atom. The van der Waals surface area contributed by atoms with Crippen LogP contribution >= 0.6 is 11.8 Å². The summed E-state index contributed by atoms with van der Waals surface area (Å²) in [4.78, 5) is 13.2. The third-order valence-corrected chi connectivity index (χ3v) is 4.64. The van der Waals surface area contributed by atoms with Gasteiger partial charge in [0.05, 0.1) is 7.11 Å². The van der Waals surface area contributed by atoms with Crippen molar-refractivity contribution in [1.82, 2.24) is 0 Å². The van der Waals surface area contributed by atoms with Crippen LogP contribution in [0.3, 0.4) is 0 Å². The van der Waals surface area contributed by atoms with Crippen molar-refractivity contribution in [2.45, 2.75) is 13.5 Å². The highest BCUT2D eigenvalue weighted by Crippen LogP contribution is 2.22. The molecule has 0 N–H and O–H groups in total. The maximum atomic E-state index is 11.0. The van der Waals surface area contributed by atoms with Crippen molar-refractivity contribution in [3.8, 4) is 5.75 Å². The van der Waals surface area contributed by atoms with Gasteiger partial charge < -0.3 is 9.64 Å². The van der Waals surface area contributed by atoms with Crippen LogP contribution in [0.15, 0.2) is 55.1 Å². The van der Waals surface area contributed by atoms with E-state index in [0.717, 1.165) is 29.1 Å². The molecule has 4 heteroatoms. The Morgan fingerprint density at radius 2 is 1.75 bits per heavy atom. The van der Waals surface area contributed by atoms with Crippen LogP contribution in [0.2, 0.25) is 0 Å². The Balaban J connectivity index is 1.97. The zero-order valence-corrected chi connectivity index (χ0v) is 15.2. The molecule has 0 aromatic heterocycles. The molecule has 0 radical (unpaired) electrons. The average molecular weight is 341 g/mol. The third-order valence-electron chi connectivity index (χ3n) is 3.74. The molecule has 2 aromatic rings. The van der Waals surface area contributed by atoms with Crippen LogP contribution in [-0.2, 0) is 11.3 Å². The quantitative estimate of drug-likeness (QED) is 0.735. The van der Waals surface area contributed by atoms with Gasteiger partial charge in [-0.2, -0.15) is 0 Å². The summed E-state index contributed by atoms with van der Waals surface area (Å²) in [7, 11) is 3.74. The van der Waals surface area contributed by atoms with Crippen molar-refractivity contribution in [3.05, 3.63) is 66.2 Å². The minimum absolute atomic E-state index is 0.119. The molecule has 0 amide bonds. The van der Waals surface area contributed by atoms with Gasteiger partial charge in [0.1, 0.15) is 5.75 Å². The predicted octanol–water partition coefficient (Wildman–Crippen LogP) is 4.62. The van der Waals surface area contributed by atoms with Crippen LogP contribution in [-0.4, -0.2) is 25.0 Å². The summed E-state index contributed by atoms with van der Waals surface area (Å²) in [5, 5.41) is 0.119. The van der Waals surface area contributed by atoms with Crippen molar-refractivity contribution in [2.24, 2.45) is 0 Å². The molecule has 0 saturated carbocycles. The first-order valence-electron chi connectivity index (χ1n) is 7.75. The fourth-order valence-electron chi connectivity index (χ4n) is 2.32. The highest BCUT2D eigenvalue weighted by Gasteiger charge is 2.05. The molecule has 0 atom stereocenters. The summed E-state index contributed by atoms with van der Waals surface area (Å²) in [5.74, 6) is 1.50. The highest BCUT2D eigenvalue weighted by atomic mass is 32.2. The Bertz CT molecular complexity index is 693. The van der Waals surface area contributed by atoms with Gasteiger partial charge in [0, 0.05) is 32.0 Å². The predicted molar refractivity (Wildman–Crippen MR) is 104 cm³/mol. The zero-order chi connectivity index (χ0) is 17.5. The summed E-state index contributed by atoms with van der Waals surface area (Å²) >= 11 is 1.29. The van der Waals surface area contributed by atoms with E-state index in [4.69, 9.17) is 4.74 Å². The number of methoxy groups -OCH3 is 1. The van der Waals surface area contributed by atoms with Crippen LogP contribution < -0.4 is 9.64 Å². The number of rotatable bonds is 7. The molecule has 0 aliphatic heterocycles. The molecule has 0 fully saturated rings. The molecule has 126 valence electrons. The van der Waals surface area contributed by atoms with Crippen LogP contribution in [0.1, 0.15) is 18.1 Å². The van der Waals surface area contributed by atoms with Crippen molar-refractivity contribution in [2.75, 3.05) is 24.8 Å². The molecule has 2 rings (SSSR count). The highest BCUT2D eigenvalue weighted by molar-refractivity contribution is 8.13. The summed E-state index contributed by atoms with van der Waals surface area (Å²) in [6.07, 6.45) is 0. The minimum atomic E-state index is 0.119. The molecule has 2 aromatic carbocycles. The number of hydrogen-bond acceptors (Lipinski definition) is 4.